The van der Waals surface area contributed by atoms with Gasteiger partial charge < -0.3 is 4.42 Å². The van der Waals surface area contributed by atoms with Crippen LogP contribution in [0, 0.1) is 0 Å². The van der Waals surface area contributed by atoms with Crippen LogP contribution in [0.15, 0.2) is 27.7 Å². The molecule has 2 rings (SSSR count). The van der Waals surface area contributed by atoms with Crippen molar-refractivity contribution in [2.24, 2.45) is 0 Å². The standard InChI is InChI=1S/C15H21N3O2/c1-10(2)13-17-18(14(19)20-13)9-11-6-12(8-16-7-11)15(3,4)5/h6-8,10H,9H2,1-5H3. The van der Waals surface area contributed by atoms with Crippen molar-refractivity contribution in [1.82, 2.24) is 14.8 Å². The number of rotatable bonds is 3. The van der Waals surface area contributed by atoms with E-state index in [9.17, 15) is 4.79 Å². The molecule has 108 valence electrons. The fourth-order valence-electron chi connectivity index (χ4n) is 1.81. The van der Waals surface area contributed by atoms with Crippen LogP contribution in [0.1, 0.15) is 57.6 Å². The number of aromatic nitrogens is 3. The van der Waals surface area contributed by atoms with Crippen LogP contribution in [0.2, 0.25) is 0 Å². The molecule has 2 heterocycles. The lowest BCUT2D eigenvalue weighted by atomic mass is 9.88. The van der Waals surface area contributed by atoms with E-state index in [0.29, 0.717) is 12.4 Å². The van der Waals surface area contributed by atoms with Crippen molar-refractivity contribution < 1.29 is 4.42 Å². The van der Waals surface area contributed by atoms with E-state index in [0.717, 1.165) is 11.1 Å². The van der Waals surface area contributed by atoms with Gasteiger partial charge in [0.25, 0.3) is 0 Å². The number of hydrogen-bond acceptors (Lipinski definition) is 4. The Labute approximate surface area is 118 Å². The molecule has 0 spiro atoms. The fourth-order valence-corrected chi connectivity index (χ4v) is 1.81. The topological polar surface area (TPSA) is 60.9 Å². The molecule has 0 aromatic carbocycles. The monoisotopic (exact) mass is 275 g/mol. The lowest BCUT2D eigenvalue weighted by Crippen LogP contribution is -2.18. The second kappa shape index (κ2) is 5.23. The Morgan fingerprint density at radius 1 is 1.30 bits per heavy atom. The fraction of sp³-hybridized carbons (Fsp3) is 0.533. The summed E-state index contributed by atoms with van der Waals surface area (Å²) in [4.78, 5) is 16.0. The van der Waals surface area contributed by atoms with Crippen LogP contribution >= 0.6 is 0 Å². The van der Waals surface area contributed by atoms with Crippen molar-refractivity contribution in [1.29, 1.82) is 0 Å². The molecule has 0 saturated carbocycles. The summed E-state index contributed by atoms with van der Waals surface area (Å²) in [6.45, 7) is 10.7. The molecule has 0 radical (unpaired) electrons. The van der Waals surface area contributed by atoms with E-state index in [-0.39, 0.29) is 11.3 Å². The first-order chi connectivity index (χ1) is 9.27. The van der Waals surface area contributed by atoms with Gasteiger partial charge in [-0.25, -0.2) is 4.79 Å². The van der Waals surface area contributed by atoms with Crippen LogP contribution in [0.4, 0.5) is 0 Å². The first-order valence-electron chi connectivity index (χ1n) is 6.79. The second-order valence-corrected chi connectivity index (χ2v) is 6.35. The third-order valence-corrected chi connectivity index (χ3v) is 3.11. The van der Waals surface area contributed by atoms with Crippen LogP contribution < -0.4 is 5.76 Å². The van der Waals surface area contributed by atoms with E-state index in [1.165, 1.54) is 4.68 Å². The van der Waals surface area contributed by atoms with Gasteiger partial charge in [0.2, 0.25) is 5.89 Å². The van der Waals surface area contributed by atoms with E-state index < -0.39 is 5.76 Å². The highest BCUT2D eigenvalue weighted by Crippen LogP contribution is 2.22. The molecule has 2 aromatic rings. The maximum absolute atomic E-state index is 11.7. The van der Waals surface area contributed by atoms with E-state index in [4.69, 9.17) is 4.42 Å². The summed E-state index contributed by atoms with van der Waals surface area (Å²) in [6, 6.07) is 2.06. The molecule has 0 bridgehead atoms. The highest BCUT2D eigenvalue weighted by atomic mass is 16.4. The minimum Gasteiger partial charge on any atom is -0.392 e. The van der Waals surface area contributed by atoms with Gasteiger partial charge in [-0.2, -0.15) is 4.68 Å². The van der Waals surface area contributed by atoms with E-state index >= 15 is 0 Å². The van der Waals surface area contributed by atoms with Gasteiger partial charge in [0, 0.05) is 18.3 Å². The third kappa shape index (κ3) is 3.15. The van der Waals surface area contributed by atoms with Crippen LogP contribution in [0.3, 0.4) is 0 Å². The Bertz CT molecular complexity index is 648. The molecule has 0 aliphatic carbocycles. The largest absolute Gasteiger partial charge is 0.437 e. The average molecular weight is 275 g/mol. The van der Waals surface area contributed by atoms with Crippen molar-refractivity contribution in [3.63, 3.8) is 0 Å². The van der Waals surface area contributed by atoms with Gasteiger partial charge in [-0.15, -0.1) is 5.10 Å². The Hall–Kier alpha value is -1.91. The maximum atomic E-state index is 11.7. The molecule has 0 N–H and O–H groups in total. The first kappa shape index (κ1) is 14.5. The predicted molar refractivity (Wildman–Crippen MR) is 76.9 cm³/mol. The Kier molecular flexibility index (Phi) is 3.79. The van der Waals surface area contributed by atoms with Crippen molar-refractivity contribution >= 4 is 0 Å². The Morgan fingerprint density at radius 2 is 2.00 bits per heavy atom. The Morgan fingerprint density at radius 3 is 2.55 bits per heavy atom. The summed E-state index contributed by atoms with van der Waals surface area (Å²) in [5, 5.41) is 4.21. The summed E-state index contributed by atoms with van der Waals surface area (Å²) in [5.74, 6) is 0.146. The molecule has 0 amide bonds. The van der Waals surface area contributed by atoms with Gasteiger partial charge >= 0.3 is 5.76 Å². The minimum absolute atomic E-state index is 0.0287. The van der Waals surface area contributed by atoms with Crippen LogP contribution in [-0.2, 0) is 12.0 Å². The number of hydrogen-bond donors (Lipinski definition) is 0. The highest BCUT2D eigenvalue weighted by molar-refractivity contribution is 5.24. The average Bonchev–Trinajstić information content (AvgIpc) is 2.70. The van der Waals surface area contributed by atoms with E-state index in [1.807, 2.05) is 20.0 Å². The second-order valence-electron chi connectivity index (χ2n) is 6.35. The minimum atomic E-state index is -0.421. The van der Waals surface area contributed by atoms with Crippen molar-refractivity contribution in [3.05, 3.63) is 46.0 Å². The van der Waals surface area contributed by atoms with Crippen molar-refractivity contribution in [2.75, 3.05) is 0 Å². The molecule has 0 aliphatic rings. The molecule has 0 unspecified atom stereocenters. The molecule has 0 saturated heterocycles. The first-order valence-corrected chi connectivity index (χ1v) is 6.79. The Balaban J connectivity index is 2.29. The predicted octanol–water partition coefficient (Wildman–Crippen LogP) is 2.70. The SMILES string of the molecule is CC(C)c1nn(Cc2cncc(C(C)(C)C)c2)c(=O)o1. The molecule has 20 heavy (non-hydrogen) atoms. The molecule has 0 atom stereocenters. The molecule has 5 nitrogen and oxygen atoms in total. The van der Waals surface area contributed by atoms with Gasteiger partial charge in [-0.1, -0.05) is 40.7 Å². The maximum Gasteiger partial charge on any atom is 0.437 e. The quantitative estimate of drug-likeness (QED) is 0.864. The summed E-state index contributed by atoms with van der Waals surface area (Å²) in [7, 11) is 0. The molecular weight excluding hydrogens is 254 g/mol. The molecule has 2 aromatic heterocycles. The lowest BCUT2D eigenvalue weighted by Gasteiger charge is -2.18. The molecule has 0 aliphatic heterocycles. The van der Waals surface area contributed by atoms with Gasteiger partial charge in [-0.3, -0.25) is 4.98 Å². The zero-order chi connectivity index (χ0) is 14.9. The summed E-state index contributed by atoms with van der Waals surface area (Å²) >= 11 is 0. The van der Waals surface area contributed by atoms with E-state index in [1.54, 1.807) is 6.20 Å². The summed E-state index contributed by atoms with van der Waals surface area (Å²) < 4.78 is 6.47. The van der Waals surface area contributed by atoms with E-state index in [2.05, 4.69) is 36.9 Å². The molecule has 5 heteroatoms. The van der Waals surface area contributed by atoms with Gasteiger partial charge in [0.15, 0.2) is 0 Å². The molecular formula is C15H21N3O2. The lowest BCUT2D eigenvalue weighted by molar-refractivity contribution is 0.434. The normalized spacial score (nSPS) is 12.1. The zero-order valence-corrected chi connectivity index (χ0v) is 12.7. The number of nitrogens with zero attached hydrogens (tertiary/aromatic N) is 3. The van der Waals surface area contributed by atoms with Crippen LogP contribution in [0.25, 0.3) is 0 Å². The van der Waals surface area contributed by atoms with Gasteiger partial charge in [-0.05, 0) is 16.5 Å². The van der Waals surface area contributed by atoms with Crippen LogP contribution in [-0.4, -0.2) is 14.8 Å². The highest BCUT2D eigenvalue weighted by Gasteiger charge is 2.16. The third-order valence-electron chi connectivity index (χ3n) is 3.11. The zero-order valence-electron chi connectivity index (χ0n) is 12.7. The van der Waals surface area contributed by atoms with Crippen molar-refractivity contribution in [2.45, 2.75) is 52.5 Å². The van der Waals surface area contributed by atoms with Crippen molar-refractivity contribution in [3.8, 4) is 0 Å². The van der Waals surface area contributed by atoms with Gasteiger partial charge in [0.1, 0.15) is 0 Å². The number of pyridine rings is 1. The summed E-state index contributed by atoms with van der Waals surface area (Å²) in [5.41, 5.74) is 2.11. The van der Waals surface area contributed by atoms with Crippen LogP contribution in [0.5, 0.6) is 0 Å². The molecule has 0 fully saturated rings. The summed E-state index contributed by atoms with van der Waals surface area (Å²) in [6.07, 6.45) is 3.61. The van der Waals surface area contributed by atoms with Gasteiger partial charge in [0.05, 0.1) is 6.54 Å². The smallest absolute Gasteiger partial charge is 0.392 e.